The van der Waals surface area contributed by atoms with Gasteiger partial charge in [0.05, 0.1) is 12.0 Å². The zero-order valence-corrected chi connectivity index (χ0v) is 17.4. The van der Waals surface area contributed by atoms with Gasteiger partial charge in [0.25, 0.3) is 5.91 Å². The van der Waals surface area contributed by atoms with E-state index >= 15 is 0 Å². The molecule has 5 aromatic rings. The van der Waals surface area contributed by atoms with Crippen LogP contribution in [0, 0.1) is 10.1 Å². The van der Waals surface area contributed by atoms with Crippen molar-refractivity contribution in [2.45, 2.75) is 0 Å². The number of nitro groups is 1. The summed E-state index contributed by atoms with van der Waals surface area (Å²) >= 11 is 0. The lowest BCUT2D eigenvalue weighted by molar-refractivity contribution is -0.385. The van der Waals surface area contributed by atoms with Gasteiger partial charge >= 0.3 is 5.69 Å². The van der Waals surface area contributed by atoms with Crippen LogP contribution in [0.5, 0.6) is 5.75 Å². The number of ether oxygens (including phenoxy) is 1. The Labute approximate surface area is 187 Å². The Morgan fingerprint density at radius 1 is 1.03 bits per heavy atom. The largest absolute Gasteiger partial charge is 0.490 e. The molecule has 0 bridgehead atoms. The number of rotatable bonds is 5. The number of amides is 1. The fourth-order valence-corrected chi connectivity index (χ4v) is 3.69. The molecule has 0 unspecified atom stereocenters. The van der Waals surface area contributed by atoms with Gasteiger partial charge in [0.15, 0.2) is 11.3 Å². The molecule has 4 aromatic carbocycles. The first kappa shape index (κ1) is 20.2. The second kappa shape index (κ2) is 8.08. The third-order valence-corrected chi connectivity index (χ3v) is 5.29. The second-order valence-corrected chi connectivity index (χ2v) is 7.33. The average Bonchev–Trinajstić information content (AvgIpc) is 3.29. The molecule has 162 valence electrons. The summed E-state index contributed by atoms with van der Waals surface area (Å²) in [6, 6.07) is 22.9. The molecule has 0 saturated heterocycles. The molecule has 1 heterocycles. The number of fused-ring (bicyclic) bond motifs is 3. The number of oxazole rings is 1. The van der Waals surface area contributed by atoms with Crippen molar-refractivity contribution in [3.8, 4) is 17.2 Å². The van der Waals surface area contributed by atoms with Gasteiger partial charge in [0, 0.05) is 28.3 Å². The maximum atomic E-state index is 12.7. The summed E-state index contributed by atoms with van der Waals surface area (Å²) in [6.45, 7) is 0. The minimum atomic E-state index is -0.590. The van der Waals surface area contributed by atoms with Crippen molar-refractivity contribution < 1.29 is 18.9 Å². The summed E-state index contributed by atoms with van der Waals surface area (Å²) in [6.07, 6.45) is 0. The van der Waals surface area contributed by atoms with Gasteiger partial charge in [-0.3, -0.25) is 14.9 Å². The summed E-state index contributed by atoms with van der Waals surface area (Å²) in [7, 11) is 1.34. The molecule has 0 aliphatic carbocycles. The van der Waals surface area contributed by atoms with E-state index in [-0.39, 0.29) is 17.0 Å². The van der Waals surface area contributed by atoms with Crippen molar-refractivity contribution in [1.82, 2.24) is 4.98 Å². The molecule has 8 nitrogen and oxygen atoms in total. The van der Waals surface area contributed by atoms with E-state index in [0.717, 1.165) is 16.3 Å². The molecule has 8 heteroatoms. The van der Waals surface area contributed by atoms with Crippen molar-refractivity contribution in [2.75, 3.05) is 12.4 Å². The lowest BCUT2D eigenvalue weighted by Crippen LogP contribution is -2.12. The third-order valence-electron chi connectivity index (χ3n) is 5.29. The molecule has 0 atom stereocenters. The number of nitrogens with one attached hydrogen (secondary N) is 1. The van der Waals surface area contributed by atoms with Crippen molar-refractivity contribution in [3.63, 3.8) is 0 Å². The number of hydrogen-bond donors (Lipinski definition) is 1. The van der Waals surface area contributed by atoms with E-state index in [1.807, 2.05) is 42.5 Å². The van der Waals surface area contributed by atoms with Crippen LogP contribution in [0.2, 0.25) is 0 Å². The minimum Gasteiger partial charge on any atom is -0.490 e. The number of carbonyl (C=O) groups is 1. The van der Waals surface area contributed by atoms with Gasteiger partial charge in [-0.05, 0) is 41.8 Å². The van der Waals surface area contributed by atoms with Gasteiger partial charge in [-0.2, -0.15) is 0 Å². The maximum Gasteiger partial charge on any atom is 0.311 e. The highest BCUT2D eigenvalue weighted by Gasteiger charge is 2.19. The molecule has 0 saturated carbocycles. The van der Waals surface area contributed by atoms with Crippen LogP contribution in [0.3, 0.4) is 0 Å². The van der Waals surface area contributed by atoms with E-state index in [1.165, 1.54) is 25.3 Å². The minimum absolute atomic E-state index is 0.0852. The highest BCUT2D eigenvalue weighted by Crippen LogP contribution is 2.31. The van der Waals surface area contributed by atoms with Crippen LogP contribution in [-0.4, -0.2) is 22.9 Å². The van der Waals surface area contributed by atoms with E-state index in [2.05, 4.69) is 10.3 Å². The fourth-order valence-electron chi connectivity index (χ4n) is 3.69. The van der Waals surface area contributed by atoms with Crippen molar-refractivity contribution in [1.29, 1.82) is 0 Å². The molecule has 1 amide bonds. The van der Waals surface area contributed by atoms with E-state index in [1.54, 1.807) is 18.2 Å². The predicted octanol–water partition coefficient (Wildman–Crippen LogP) is 5.82. The van der Waals surface area contributed by atoms with Gasteiger partial charge in [0.2, 0.25) is 5.89 Å². The van der Waals surface area contributed by atoms with Crippen molar-refractivity contribution in [2.24, 2.45) is 0 Å². The molecule has 0 aliphatic heterocycles. The maximum absolute atomic E-state index is 12.7. The van der Waals surface area contributed by atoms with Gasteiger partial charge in [0.1, 0.15) is 5.52 Å². The molecular weight excluding hydrogens is 422 g/mol. The van der Waals surface area contributed by atoms with Crippen LogP contribution < -0.4 is 10.1 Å². The zero-order chi connectivity index (χ0) is 22.9. The summed E-state index contributed by atoms with van der Waals surface area (Å²) in [5, 5.41) is 16.1. The van der Waals surface area contributed by atoms with Gasteiger partial charge in [-0.25, -0.2) is 4.98 Å². The quantitative estimate of drug-likeness (QED) is 0.273. The van der Waals surface area contributed by atoms with Gasteiger partial charge in [-0.15, -0.1) is 0 Å². The van der Waals surface area contributed by atoms with Crippen LogP contribution >= 0.6 is 0 Å². The first-order valence-electron chi connectivity index (χ1n) is 10.1. The third kappa shape index (κ3) is 3.74. The number of anilines is 1. The smallest absolute Gasteiger partial charge is 0.311 e. The standard InChI is InChI=1S/C25H17N3O5/c1-32-21-11-10-16(14-20(21)28(30)31)24(29)26-18-7-4-6-17(13-18)25-27-23-19-8-3-2-5-15(19)9-12-22(23)33-25/h2-14H,1H3,(H,26,29). The number of nitrogens with zero attached hydrogens (tertiary/aromatic N) is 2. The van der Waals surface area contributed by atoms with Crippen LogP contribution in [0.4, 0.5) is 11.4 Å². The molecule has 0 aliphatic rings. The van der Waals surface area contributed by atoms with E-state index in [0.29, 0.717) is 22.7 Å². The number of aromatic nitrogens is 1. The highest BCUT2D eigenvalue weighted by atomic mass is 16.6. The fraction of sp³-hybridized carbons (Fsp3) is 0.0400. The summed E-state index contributed by atoms with van der Waals surface area (Å²) < 4.78 is 10.9. The Morgan fingerprint density at radius 2 is 1.88 bits per heavy atom. The number of hydrogen-bond acceptors (Lipinski definition) is 6. The van der Waals surface area contributed by atoms with Gasteiger partial charge in [-0.1, -0.05) is 36.4 Å². The summed E-state index contributed by atoms with van der Waals surface area (Å²) in [5.41, 5.74) is 2.49. The number of carbonyl (C=O) groups excluding carboxylic acids is 1. The lowest BCUT2D eigenvalue weighted by Gasteiger charge is -2.07. The molecule has 0 radical (unpaired) electrons. The number of nitro benzene ring substituents is 1. The topological polar surface area (TPSA) is 108 Å². The Balaban J connectivity index is 1.45. The van der Waals surface area contributed by atoms with Crippen molar-refractivity contribution in [3.05, 3.63) is 94.5 Å². The average molecular weight is 439 g/mol. The molecule has 5 rings (SSSR count). The van der Waals surface area contributed by atoms with Crippen molar-refractivity contribution >= 4 is 39.2 Å². The SMILES string of the molecule is COc1ccc(C(=O)Nc2cccc(-c3nc4c(ccc5ccccc54)o3)c2)cc1[N+](=O)[O-]. The van der Waals surface area contributed by atoms with Crippen LogP contribution in [0.1, 0.15) is 10.4 Å². The van der Waals surface area contributed by atoms with Gasteiger partial charge < -0.3 is 14.5 Å². The Kier molecular flexibility index (Phi) is 4.95. The summed E-state index contributed by atoms with van der Waals surface area (Å²) in [5.74, 6) is 0.0287. The first-order chi connectivity index (χ1) is 16.0. The molecule has 1 aromatic heterocycles. The van der Waals surface area contributed by atoms with E-state index < -0.39 is 10.8 Å². The molecule has 33 heavy (non-hydrogen) atoms. The Bertz CT molecular complexity index is 1540. The normalized spacial score (nSPS) is 10.9. The number of benzene rings is 4. The van der Waals surface area contributed by atoms with Crippen LogP contribution in [0.15, 0.2) is 83.3 Å². The monoisotopic (exact) mass is 439 g/mol. The Hall–Kier alpha value is -4.72. The second-order valence-electron chi connectivity index (χ2n) is 7.33. The number of methoxy groups -OCH3 is 1. The summed E-state index contributed by atoms with van der Waals surface area (Å²) in [4.78, 5) is 28.0. The highest BCUT2D eigenvalue weighted by molar-refractivity contribution is 6.05. The molecule has 0 spiro atoms. The molecular formula is C25H17N3O5. The van der Waals surface area contributed by atoms with Crippen LogP contribution in [0.25, 0.3) is 33.3 Å². The first-order valence-corrected chi connectivity index (χ1v) is 10.1. The zero-order valence-electron chi connectivity index (χ0n) is 17.4. The Morgan fingerprint density at radius 3 is 2.70 bits per heavy atom. The van der Waals surface area contributed by atoms with E-state index in [9.17, 15) is 14.9 Å². The predicted molar refractivity (Wildman–Crippen MR) is 125 cm³/mol. The van der Waals surface area contributed by atoms with Crippen LogP contribution in [-0.2, 0) is 0 Å². The van der Waals surface area contributed by atoms with E-state index in [4.69, 9.17) is 9.15 Å². The molecule has 1 N–H and O–H groups in total. The lowest BCUT2D eigenvalue weighted by atomic mass is 10.1. The molecule has 0 fully saturated rings.